The summed E-state index contributed by atoms with van der Waals surface area (Å²) in [6.45, 7) is 9.38. The van der Waals surface area contributed by atoms with E-state index in [-0.39, 0.29) is 0 Å². The zero-order valence-corrected chi connectivity index (χ0v) is 21.7. The van der Waals surface area contributed by atoms with Crippen LogP contribution in [0.4, 0.5) is 0 Å². The maximum atomic E-state index is 12.8. The van der Waals surface area contributed by atoms with Crippen molar-refractivity contribution < 1.29 is 48.0 Å². The van der Waals surface area contributed by atoms with E-state index in [0.29, 0.717) is 32.3 Å². The van der Waals surface area contributed by atoms with Gasteiger partial charge in [-0.05, 0) is 45.6 Å². The highest BCUT2D eigenvalue weighted by atomic mass is 16.6. The zero-order valence-electron chi connectivity index (χ0n) is 21.7. The molecule has 36 heavy (non-hydrogen) atoms. The number of rotatable bonds is 3. The van der Waals surface area contributed by atoms with Gasteiger partial charge in [-0.25, -0.2) is 0 Å². The van der Waals surface area contributed by atoms with Crippen molar-refractivity contribution in [1.82, 2.24) is 0 Å². The molecule has 1 saturated carbocycles. The van der Waals surface area contributed by atoms with Crippen LogP contribution in [0, 0.1) is 17.3 Å². The predicted molar refractivity (Wildman–Crippen MR) is 123 cm³/mol. The average molecular weight is 509 g/mol. The molecule has 2 heterocycles. The van der Waals surface area contributed by atoms with Crippen LogP contribution in [0.5, 0.6) is 0 Å². The SMILES string of the molecule is CC(=O)OC1[C@@H]2[C@@]3(CC[C@@H](OC(C)=O)[C@]2(C)[C@H](OC(C)=O)CC/C(C)=C\[C@H]2OC(=O)[C@@H](C)[C@@]12O)CO3. The highest BCUT2D eigenvalue weighted by Gasteiger charge is 2.74. The molecule has 0 aromatic rings. The number of fused-ring (bicyclic) bond motifs is 3. The van der Waals surface area contributed by atoms with Gasteiger partial charge in [0.15, 0.2) is 11.7 Å². The largest absolute Gasteiger partial charge is 0.462 e. The number of epoxide rings is 1. The molecule has 0 amide bonds. The van der Waals surface area contributed by atoms with E-state index in [1.54, 1.807) is 13.0 Å². The monoisotopic (exact) mass is 508 g/mol. The van der Waals surface area contributed by atoms with Crippen molar-refractivity contribution in [2.24, 2.45) is 17.3 Å². The summed E-state index contributed by atoms with van der Waals surface area (Å²) in [5.41, 5.74) is -3.09. The summed E-state index contributed by atoms with van der Waals surface area (Å²) in [6, 6.07) is 0. The Hall–Kier alpha value is -2.46. The summed E-state index contributed by atoms with van der Waals surface area (Å²) in [5.74, 6) is -4.10. The first-order valence-electron chi connectivity index (χ1n) is 12.5. The van der Waals surface area contributed by atoms with Gasteiger partial charge in [-0.2, -0.15) is 0 Å². The predicted octanol–water partition coefficient (Wildman–Crippen LogP) is 2.00. The third kappa shape index (κ3) is 4.22. The Labute approximate surface area is 210 Å². The molecule has 0 aromatic heterocycles. The summed E-state index contributed by atoms with van der Waals surface area (Å²) in [6.07, 6.45) is -0.416. The second-order valence-electron chi connectivity index (χ2n) is 11.0. The van der Waals surface area contributed by atoms with E-state index in [0.717, 1.165) is 5.57 Å². The average Bonchev–Trinajstić information content (AvgIpc) is 3.50. The van der Waals surface area contributed by atoms with Gasteiger partial charge in [0.25, 0.3) is 0 Å². The molecule has 4 aliphatic rings. The number of ether oxygens (including phenoxy) is 5. The van der Waals surface area contributed by atoms with Gasteiger partial charge < -0.3 is 28.8 Å². The molecule has 1 unspecified atom stereocenters. The summed E-state index contributed by atoms with van der Waals surface area (Å²) < 4.78 is 29.2. The topological polar surface area (TPSA) is 138 Å². The van der Waals surface area contributed by atoms with E-state index >= 15 is 0 Å². The quantitative estimate of drug-likeness (QED) is 0.261. The first-order valence-corrected chi connectivity index (χ1v) is 12.5. The third-order valence-electron chi connectivity index (χ3n) is 8.62. The smallest absolute Gasteiger partial charge is 0.312 e. The van der Waals surface area contributed by atoms with Crippen molar-refractivity contribution in [2.75, 3.05) is 6.61 Å². The van der Waals surface area contributed by atoms with Crippen molar-refractivity contribution in [3.63, 3.8) is 0 Å². The fourth-order valence-electron chi connectivity index (χ4n) is 6.76. The Morgan fingerprint density at radius 3 is 2.11 bits per heavy atom. The highest BCUT2D eigenvalue weighted by Crippen LogP contribution is 2.62. The molecule has 3 fully saturated rings. The summed E-state index contributed by atoms with van der Waals surface area (Å²) in [4.78, 5) is 49.8. The van der Waals surface area contributed by atoms with Crippen LogP contribution >= 0.6 is 0 Å². The van der Waals surface area contributed by atoms with Gasteiger partial charge in [0.05, 0.1) is 23.5 Å². The maximum absolute atomic E-state index is 12.8. The van der Waals surface area contributed by atoms with Crippen molar-refractivity contribution in [3.8, 4) is 0 Å². The first kappa shape index (κ1) is 26.6. The lowest BCUT2D eigenvalue weighted by molar-refractivity contribution is -0.242. The van der Waals surface area contributed by atoms with Crippen molar-refractivity contribution in [3.05, 3.63) is 11.6 Å². The van der Waals surface area contributed by atoms with Crippen LogP contribution in [-0.4, -0.2) is 71.2 Å². The van der Waals surface area contributed by atoms with Crippen LogP contribution in [0.1, 0.15) is 67.2 Å². The van der Waals surface area contributed by atoms with Gasteiger partial charge in [-0.3, -0.25) is 19.2 Å². The van der Waals surface area contributed by atoms with E-state index in [2.05, 4.69) is 0 Å². The Morgan fingerprint density at radius 1 is 1.03 bits per heavy atom. The minimum Gasteiger partial charge on any atom is -0.462 e. The van der Waals surface area contributed by atoms with E-state index in [9.17, 15) is 24.3 Å². The van der Waals surface area contributed by atoms with E-state index in [1.165, 1.54) is 20.8 Å². The summed E-state index contributed by atoms with van der Waals surface area (Å²) in [5, 5.41) is 12.3. The lowest BCUT2D eigenvalue weighted by atomic mass is 9.52. The highest BCUT2D eigenvalue weighted by molar-refractivity contribution is 5.77. The Morgan fingerprint density at radius 2 is 1.58 bits per heavy atom. The molecule has 0 radical (unpaired) electrons. The standard InChI is InChI=1S/C26H36O10/c1-13-7-8-18(33-15(3)27)24(6)19(34-16(4)28)9-10-25(12-32-25)21(24)22(35-17(5)29)26(31)14(2)23(30)36-20(26)11-13/h11,14,18-22,31H,7-10,12H2,1-6H3/b13-11-/t14-,18-,19-,20-,21+,22?,24+,25-,26+/m1/s1. The number of hydrogen-bond acceptors (Lipinski definition) is 10. The van der Waals surface area contributed by atoms with E-state index < -0.39 is 76.7 Å². The van der Waals surface area contributed by atoms with Crippen LogP contribution in [0.3, 0.4) is 0 Å². The molecule has 9 atom stereocenters. The zero-order chi connectivity index (χ0) is 26.6. The van der Waals surface area contributed by atoms with Crippen LogP contribution in [0.25, 0.3) is 0 Å². The molecule has 10 heteroatoms. The van der Waals surface area contributed by atoms with Gasteiger partial charge in [0.2, 0.25) is 0 Å². The molecule has 2 aliphatic carbocycles. The molecule has 2 saturated heterocycles. The molecule has 10 nitrogen and oxygen atoms in total. The molecule has 200 valence electrons. The van der Waals surface area contributed by atoms with Gasteiger partial charge in [-0.1, -0.05) is 12.5 Å². The number of carbonyl (C=O) groups is 4. The van der Waals surface area contributed by atoms with E-state index in [4.69, 9.17) is 23.7 Å². The van der Waals surface area contributed by atoms with Crippen LogP contribution in [0.15, 0.2) is 11.6 Å². The molecule has 0 aromatic carbocycles. The van der Waals surface area contributed by atoms with Crippen LogP contribution < -0.4 is 0 Å². The third-order valence-corrected chi connectivity index (χ3v) is 8.62. The minimum absolute atomic E-state index is 0.323. The van der Waals surface area contributed by atoms with Gasteiger partial charge in [-0.15, -0.1) is 0 Å². The number of esters is 4. The molecule has 1 spiro atoms. The number of hydrogen-bond donors (Lipinski definition) is 1. The van der Waals surface area contributed by atoms with Crippen LogP contribution in [0.2, 0.25) is 0 Å². The second-order valence-corrected chi connectivity index (χ2v) is 11.0. The summed E-state index contributed by atoms with van der Waals surface area (Å²) >= 11 is 0. The second kappa shape index (κ2) is 9.13. The molecule has 4 rings (SSSR count). The van der Waals surface area contributed by atoms with Gasteiger partial charge in [0.1, 0.15) is 18.3 Å². The molecule has 1 N–H and O–H groups in total. The Balaban J connectivity index is 2.00. The Bertz CT molecular complexity index is 983. The molecule has 0 bridgehead atoms. The minimum atomic E-state index is -1.94. The summed E-state index contributed by atoms with van der Waals surface area (Å²) in [7, 11) is 0. The first-order chi connectivity index (χ1) is 16.8. The lowest BCUT2D eigenvalue weighted by Crippen LogP contribution is -2.69. The van der Waals surface area contributed by atoms with Gasteiger partial charge in [0, 0.05) is 26.7 Å². The fourth-order valence-corrected chi connectivity index (χ4v) is 6.76. The lowest BCUT2D eigenvalue weighted by Gasteiger charge is -2.56. The maximum Gasteiger partial charge on any atom is 0.312 e. The normalized spacial score (nSPS) is 45.3. The number of aliphatic hydroxyl groups is 1. The molecular weight excluding hydrogens is 472 g/mol. The van der Waals surface area contributed by atoms with Crippen molar-refractivity contribution >= 4 is 23.9 Å². The van der Waals surface area contributed by atoms with Gasteiger partial charge >= 0.3 is 23.9 Å². The fraction of sp³-hybridized carbons (Fsp3) is 0.769. The Kier molecular flexibility index (Phi) is 6.75. The van der Waals surface area contributed by atoms with Crippen molar-refractivity contribution in [2.45, 2.75) is 103 Å². The number of carbonyl (C=O) groups excluding carboxylic acids is 4. The molecular formula is C26H36O10. The number of allylic oxidation sites excluding steroid dienone is 1. The van der Waals surface area contributed by atoms with E-state index in [1.807, 2.05) is 13.8 Å². The van der Waals surface area contributed by atoms with Crippen LogP contribution in [-0.2, 0) is 42.9 Å². The van der Waals surface area contributed by atoms with Crippen molar-refractivity contribution in [1.29, 1.82) is 0 Å². The molecule has 2 aliphatic heterocycles.